The molecular weight excluding hydrogens is 353 g/mol. The summed E-state index contributed by atoms with van der Waals surface area (Å²) >= 11 is 0. The van der Waals surface area contributed by atoms with Crippen molar-refractivity contribution in [2.45, 2.75) is 13.2 Å². The fourth-order valence-corrected chi connectivity index (χ4v) is 3.22. The van der Waals surface area contributed by atoms with Gasteiger partial charge in [0.25, 0.3) is 11.7 Å². The molecule has 1 aromatic carbocycles. The molecule has 0 bridgehead atoms. The van der Waals surface area contributed by atoms with E-state index in [9.17, 15) is 9.18 Å². The molecule has 0 atom stereocenters. The summed E-state index contributed by atoms with van der Waals surface area (Å²) in [6, 6.07) is 6.41. The first-order valence-corrected chi connectivity index (χ1v) is 8.85. The van der Waals surface area contributed by atoms with E-state index in [1.165, 1.54) is 12.1 Å². The van der Waals surface area contributed by atoms with Gasteiger partial charge < -0.3 is 19.5 Å². The lowest BCUT2D eigenvalue weighted by atomic mass is 10.1. The zero-order chi connectivity index (χ0) is 18.6. The average molecular weight is 374 g/mol. The highest BCUT2D eigenvalue weighted by Crippen LogP contribution is 2.29. The number of H-pyrrole nitrogens is 1. The molecule has 3 heterocycles. The van der Waals surface area contributed by atoms with Gasteiger partial charge in [-0.1, -0.05) is 0 Å². The third kappa shape index (κ3) is 4.01. The van der Waals surface area contributed by atoms with Crippen molar-refractivity contribution in [3.63, 3.8) is 0 Å². The Bertz CT molecular complexity index is 822. The van der Waals surface area contributed by atoms with Crippen LogP contribution >= 0.6 is 0 Å². The number of fused-ring (bicyclic) bond motifs is 1. The molecule has 142 valence electrons. The van der Waals surface area contributed by atoms with E-state index in [1.54, 1.807) is 12.3 Å². The molecule has 1 saturated heterocycles. The summed E-state index contributed by atoms with van der Waals surface area (Å²) in [5, 5.41) is 2.81. The van der Waals surface area contributed by atoms with Crippen molar-refractivity contribution in [3.05, 3.63) is 53.0 Å². The summed E-state index contributed by atoms with van der Waals surface area (Å²) < 4.78 is 29.8. The molecule has 0 saturated carbocycles. The van der Waals surface area contributed by atoms with Gasteiger partial charge in [-0.15, -0.1) is 0 Å². The number of amides is 1. The molecule has 2 aromatic rings. The van der Waals surface area contributed by atoms with Crippen LogP contribution in [0.5, 0.6) is 5.75 Å². The van der Waals surface area contributed by atoms with Gasteiger partial charge in [0.05, 0.1) is 25.4 Å². The van der Waals surface area contributed by atoms with Gasteiger partial charge in [0.2, 0.25) is 0 Å². The number of ether oxygens (including phenoxy) is 3. The second-order valence-corrected chi connectivity index (χ2v) is 6.41. The minimum absolute atomic E-state index is 0.123. The molecular formula is C19H21FN3O4+. The first-order valence-electron chi connectivity index (χ1n) is 8.85. The molecule has 4 rings (SSSR count). The van der Waals surface area contributed by atoms with E-state index in [0.717, 1.165) is 18.9 Å². The monoisotopic (exact) mass is 374 g/mol. The van der Waals surface area contributed by atoms with Crippen LogP contribution in [0.1, 0.15) is 21.5 Å². The van der Waals surface area contributed by atoms with Crippen molar-refractivity contribution in [3.8, 4) is 5.75 Å². The van der Waals surface area contributed by atoms with Crippen LogP contribution in [0.15, 0.2) is 30.5 Å². The normalized spacial score (nSPS) is 16.4. The van der Waals surface area contributed by atoms with E-state index < -0.39 is 0 Å². The van der Waals surface area contributed by atoms with Gasteiger partial charge >= 0.3 is 0 Å². The Morgan fingerprint density at radius 3 is 2.85 bits per heavy atom. The molecule has 2 aliphatic heterocycles. The van der Waals surface area contributed by atoms with Gasteiger partial charge in [0.15, 0.2) is 6.79 Å². The smallest absolute Gasteiger partial charge is 0.274 e. The number of benzene rings is 1. The minimum atomic E-state index is -0.379. The van der Waals surface area contributed by atoms with Gasteiger partial charge in [0, 0.05) is 23.7 Å². The molecule has 0 aliphatic carbocycles. The van der Waals surface area contributed by atoms with E-state index in [0.29, 0.717) is 42.3 Å². The molecule has 1 fully saturated rings. The molecule has 2 N–H and O–H groups in total. The number of nitrogens with one attached hydrogen (secondary N) is 2. The highest BCUT2D eigenvalue weighted by Gasteiger charge is 2.20. The number of anilines is 1. The molecule has 8 heteroatoms. The quantitative estimate of drug-likeness (QED) is 0.873. The SMILES string of the molecule is O=C(NCc1cc(F)cc2c1OCOC2)c1ccc(N2CCOCC2)[nH+]c1. The van der Waals surface area contributed by atoms with Crippen molar-refractivity contribution in [1.29, 1.82) is 0 Å². The number of aromatic nitrogens is 1. The number of hydrogen-bond acceptors (Lipinski definition) is 5. The highest BCUT2D eigenvalue weighted by atomic mass is 19.1. The standard InChI is InChI=1S/C19H20FN3O4/c20-16-7-14(18-15(8-16)11-26-12-27-18)10-22-19(24)13-1-2-17(21-9-13)23-3-5-25-6-4-23/h1-2,7-9H,3-6,10-12H2,(H,22,24)/p+1. The molecule has 0 unspecified atom stereocenters. The van der Waals surface area contributed by atoms with Gasteiger partial charge in [0.1, 0.15) is 30.9 Å². The minimum Gasteiger partial charge on any atom is -0.467 e. The topological polar surface area (TPSA) is 74.2 Å². The van der Waals surface area contributed by atoms with Crippen LogP contribution in [-0.2, 0) is 22.6 Å². The molecule has 0 spiro atoms. The predicted molar refractivity (Wildman–Crippen MR) is 93.9 cm³/mol. The van der Waals surface area contributed by atoms with E-state index >= 15 is 0 Å². The number of pyridine rings is 1. The second-order valence-electron chi connectivity index (χ2n) is 6.41. The highest BCUT2D eigenvalue weighted by molar-refractivity contribution is 5.93. The lowest BCUT2D eigenvalue weighted by molar-refractivity contribution is -0.364. The van der Waals surface area contributed by atoms with Gasteiger partial charge in [-0.2, -0.15) is 0 Å². The largest absolute Gasteiger partial charge is 0.467 e. The summed E-state index contributed by atoms with van der Waals surface area (Å²) in [6.07, 6.45) is 1.67. The van der Waals surface area contributed by atoms with Crippen LogP contribution in [0.25, 0.3) is 0 Å². The number of carbonyl (C=O) groups excluding carboxylic acids is 1. The number of morpholine rings is 1. The summed E-state index contributed by atoms with van der Waals surface area (Å²) in [4.78, 5) is 17.8. The van der Waals surface area contributed by atoms with Gasteiger partial charge in [-0.25, -0.2) is 9.37 Å². The Morgan fingerprint density at radius 1 is 1.22 bits per heavy atom. The molecule has 1 aromatic heterocycles. The summed E-state index contributed by atoms with van der Waals surface area (Å²) in [5.74, 6) is 0.903. The Balaban J connectivity index is 1.42. The first-order chi connectivity index (χ1) is 13.2. The van der Waals surface area contributed by atoms with Crippen molar-refractivity contribution >= 4 is 11.7 Å². The third-order valence-corrected chi connectivity index (χ3v) is 4.60. The Kier molecular flexibility index (Phi) is 5.17. The Morgan fingerprint density at radius 2 is 2.07 bits per heavy atom. The van der Waals surface area contributed by atoms with Crippen molar-refractivity contribution in [2.75, 3.05) is 38.0 Å². The molecule has 1 amide bonds. The van der Waals surface area contributed by atoms with Gasteiger partial charge in [-0.05, 0) is 18.2 Å². The zero-order valence-corrected chi connectivity index (χ0v) is 14.8. The average Bonchev–Trinajstić information content (AvgIpc) is 2.72. The Labute approximate surface area is 156 Å². The molecule has 27 heavy (non-hydrogen) atoms. The van der Waals surface area contributed by atoms with Crippen LogP contribution in [0.2, 0.25) is 0 Å². The van der Waals surface area contributed by atoms with E-state index in [4.69, 9.17) is 14.2 Å². The van der Waals surface area contributed by atoms with Crippen molar-refractivity contribution in [2.24, 2.45) is 0 Å². The van der Waals surface area contributed by atoms with Crippen LogP contribution in [0.4, 0.5) is 10.2 Å². The van der Waals surface area contributed by atoms with Crippen LogP contribution in [0, 0.1) is 5.82 Å². The van der Waals surface area contributed by atoms with E-state index in [-0.39, 0.29) is 25.1 Å². The summed E-state index contributed by atoms with van der Waals surface area (Å²) in [7, 11) is 0. The molecule has 2 aliphatic rings. The van der Waals surface area contributed by atoms with Crippen LogP contribution in [0.3, 0.4) is 0 Å². The second kappa shape index (κ2) is 7.89. The molecule has 0 radical (unpaired) electrons. The lowest BCUT2D eigenvalue weighted by Crippen LogP contribution is -2.39. The van der Waals surface area contributed by atoms with Gasteiger partial charge in [-0.3, -0.25) is 9.69 Å². The number of aromatic amines is 1. The lowest BCUT2D eigenvalue weighted by Gasteiger charge is -2.21. The fraction of sp³-hybridized carbons (Fsp3) is 0.368. The Hall–Kier alpha value is -2.71. The van der Waals surface area contributed by atoms with E-state index in [1.807, 2.05) is 6.07 Å². The third-order valence-electron chi connectivity index (χ3n) is 4.60. The zero-order valence-electron chi connectivity index (χ0n) is 14.8. The van der Waals surface area contributed by atoms with Crippen molar-refractivity contribution < 1.29 is 28.4 Å². The van der Waals surface area contributed by atoms with Crippen LogP contribution < -0.4 is 19.9 Å². The van der Waals surface area contributed by atoms with Crippen LogP contribution in [-0.4, -0.2) is 39.0 Å². The number of hydrogen-bond donors (Lipinski definition) is 1. The molecule has 7 nitrogen and oxygen atoms in total. The fourth-order valence-electron chi connectivity index (χ4n) is 3.22. The number of halogens is 1. The first kappa shape index (κ1) is 17.7. The predicted octanol–water partition coefficient (Wildman–Crippen LogP) is 1.27. The summed E-state index contributed by atoms with van der Waals surface area (Å²) in [5.41, 5.74) is 1.74. The maximum atomic E-state index is 13.8. The maximum Gasteiger partial charge on any atom is 0.274 e. The van der Waals surface area contributed by atoms with Crippen molar-refractivity contribution in [1.82, 2.24) is 5.32 Å². The van der Waals surface area contributed by atoms with E-state index in [2.05, 4.69) is 15.2 Å². The number of carbonyl (C=O) groups is 1. The number of rotatable bonds is 4. The number of nitrogens with zero attached hydrogens (tertiary/aromatic N) is 1. The summed E-state index contributed by atoms with van der Waals surface area (Å²) in [6.45, 7) is 3.61. The maximum absolute atomic E-state index is 13.8.